The van der Waals surface area contributed by atoms with Crippen LogP contribution in [-0.4, -0.2) is 34.0 Å². The molecule has 4 nitrogen and oxygen atoms in total. The molecular weight excluding hydrogens is 316 g/mol. The van der Waals surface area contributed by atoms with E-state index in [2.05, 4.69) is 45.4 Å². The van der Waals surface area contributed by atoms with Gasteiger partial charge in [0.25, 0.3) is 0 Å². The second kappa shape index (κ2) is 6.59. The van der Waals surface area contributed by atoms with Gasteiger partial charge in [-0.3, -0.25) is 14.9 Å². The molecule has 2 N–H and O–H groups in total. The number of nitrogens with zero attached hydrogens (tertiary/aromatic N) is 3. The van der Waals surface area contributed by atoms with Crippen molar-refractivity contribution in [2.45, 2.75) is 32.4 Å². The Labute approximate surface area is 146 Å². The standard InChI is InChI=1S/C19H22N4S/c1-13-12-24-19-5-4-14(7-17(13)19)18-9-21-16(8-22-18)11-23-6-2-3-15(20)10-23/h4-5,7-9,12,15H,2-3,6,10-11,20H2,1H3. The fourth-order valence-corrected chi connectivity index (χ4v) is 4.29. The molecule has 5 heteroatoms. The SMILES string of the molecule is Cc1csc2ccc(-c3cnc(CN4CCCC(N)C4)cn3)cc12. The Bertz CT molecular complexity index is 840. The van der Waals surface area contributed by atoms with Gasteiger partial charge in [0.1, 0.15) is 0 Å². The van der Waals surface area contributed by atoms with Gasteiger partial charge in [-0.05, 0) is 54.8 Å². The molecule has 0 saturated carbocycles. The largest absolute Gasteiger partial charge is 0.327 e. The first-order valence-electron chi connectivity index (χ1n) is 8.46. The van der Waals surface area contributed by atoms with Crippen molar-refractivity contribution in [2.75, 3.05) is 13.1 Å². The average Bonchev–Trinajstić information content (AvgIpc) is 2.96. The molecule has 0 spiro atoms. The normalized spacial score (nSPS) is 19.0. The van der Waals surface area contributed by atoms with Crippen LogP contribution in [0.3, 0.4) is 0 Å². The molecule has 1 unspecified atom stereocenters. The fraction of sp³-hybridized carbons (Fsp3) is 0.368. The van der Waals surface area contributed by atoms with Crippen molar-refractivity contribution in [3.63, 3.8) is 0 Å². The van der Waals surface area contributed by atoms with Crippen LogP contribution in [0.1, 0.15) is 24.1 Å². The maximum Gasteiger partial charge on any atom is 0.0885 e. The van der Waals surface area contributed by atoms with E-state index in [1.807, 2.05) is 12.4 Å². The summed E-state index contributed by atoms with van der Waals surface area (Å²) in [6.45, 7) is 5.05. The van der Waals surface area contributed by atoms with Gasteiger partial charge in [-0.25, -0.2) is 0 Å². The minimum absolute atomic E-state index is 0.298. The van der Waals surface area contributed by atoms with Crippen molar-refractivity contribution in [1.82, 2.24) is 14.9 Å². The third-order valence-electron chi connectivity index (χ3n) is 4.70. The highest BCUT2D eigenvalue weighted by Crippen LogP contribution is 2.29. The summed E-state index contributed by atoms with van der Waals surface area (Å²) in [4.78, 5) is 11.6. The molecule has 4 rings (SSSR count). The smallest absolute Gasteiger partial charge is 0.0885 e. The zero-order chi connectivity index (χ0) is 16.5. The van der Waals surface area contributed by atoms with E-state index < -0.39 is 0 Å². The van der Waals surface area contributed by atoms with Crippen LogP contribution in [0.4, 0.5) is 0 Å². The van der Waals surface area contributed by atoms with E-state index in [9.17, 15) is 0 Å². The van der Waals surface area contributed by atoms with E-state index in [-0.39, 0.29) is 0 Å². The van der Waals surface area contributed by atoms with Crippen LogP contribution in [0.15, 0.2) is 36.0 Å². The molecule has 1 fully saturated rings. The molecular formula is C19H22N4S. The lowest BCUT2D eigenvalue weighted by Crippen LogP contribution is -2.42. The van der Waals surface area contributed by atoms with Gasteiger partial charge in [-0.2, -0.15) is 0 Å². The molecule has 0 bridgehead atoms. The topological polar surface area (TPSA) is 55.0 Å². The number of rotatable bonds is 3. The summed E-state index contributed by atoms with van der Waals surface area (Å²) in [5, 5.41) is 3.51. The second-order valence-corrected chi connectivity index (χ2v) is 7.57. The fourth-order valence-electron chi connectivity index (χ4n) is 3.37. The maximum absolute atomic E-state index is 6.05. The molecule has 1 saturated heterocycles. The van der Waals surface area contributed by atoms with Gasteiger partial charge in [0, 0.05) is 29.4 Å². The van der Waals surface area contributed by atoms with Crippen LogP contribution in [0.25, 0.3) is 21.3 Å². The van der Waals surface area contributed by atoms with Crippen LogP contribution in [0, 0.1) is 6.92 Å². The number of thiophene rings is 1. The molecule has 3 aromatic rings. The van der Waals surface area contributed by atoms with Crippen LogP contribution in [0.5, 0.6) is 0 Å². The Morgan fingerprint density at radius 2 is 2.21 bits per heavy atom. The maximum atomic E-state index is 6.05. The summed E-state index contributed by atoms with van der Waals surface area (Å²) < 4.78 is 1.32. The van der Waals surface area contributed by atoms with Gasteiger partial charge in [0.15, 0.2) is 0 Å². The van der Waals surface area contributed by atoms with Gasteiger partial charge in [0.05, 0.1) is 23.8 Å². The monoisotopic (exact) mass is 338 g/mol. The average molecular weight is 338 g/mol. The van der Waals surface area contributed by atoms with E-state index >= 15 is 0 Å². The minimum atomic E-state index is 0.298. The summed E-state index contributed by atoms with van der Waals surface area (Å²) in [6, 6.07) is 6.82. The van der Waals surface area contributed by atoms with E-state index in [1.54, 1.807) is 11.3 Å². The van der Waals surface area contributed by atoms with Crippen molar-refractivity contribution in [3.8, 4) is 11.3 Å². The Morgan fingerprint density at radius 3 is 3.00 bits per heavy atom. The number of likely N-dealkylation sites (tertiary alicyclic amines) is 1. The second-order valence-electron chi connectivity index (χ2n) is 6.66. The third-order valence-corrected chi connectivity index (χ3v) is 5.78. The van der Waals surface area contributed by atoms with E-state index in [4.69, 9.17) is 5.73 Å². The number of benzene rings is 1. The minimum Gasteiger partial charge on any atom is -0.327 e. The summed E-state index contributed by atoms with van der Waals surface area (Å²) >= 11 is 1.79. The first-order valence-corrected chi connectivity index (χ1v) is 9.34. The Hall–Kier alpha value is -1.82. The molecule has 24 heavy (non-hydrogen) atoms. The molecule has 2 aromatic heterocycles. The Morgan fingerprint density at radius 1 is 1.29 bits per heavy atom. The number of hydrogen-bond donors (Lipinski definition) is 1. The van der Waals surface area contributed by atoms with Crippen molar-refractivity contribution < 1.29 is 0 Å². The van der Waals surface area contributed by atoms with Gasteiger partial charge < -0.3 is 5.73 Å². The van der Waals surface area contributed by atoms with Crippen molar-refractivity contribution in [2.24, 2.45) is 5.73 Å². The molecule has 3 heterocycles. The highest BCUT2D eigenvalue weighted by Gasteiger charge is 2.17. The van der Waals surface area contributed by atoms with E-state index in [0.29, 0.717) is 6.04 Å². The van der Waals surface area contributed by atoms with Crippen LogP contribution < -0.4 is 5.73 Å². The lowest BCUT2D eigenvalue weighted by atomic mass is 10.1. The van der Waals surface area contributed by atoms with Gasteiger partial charge >= 0.3 is 0 Å². The van der Waals surface area contributed by atoms with Crippen molar-refractivity contribution in [1.29, 1.82) is 0 Å². The van der Waals surface area contributed by atoms with Gasteiger partial charge in [-0.1, -0.05) is 6.07 Å². The number of aryl methyl sites for hydroxylation is 1. The molecule has 0 radical (unpaired) electrons. The number of nitrogens with two attached hydrogens (primary N) is 1. The molecule has 0 aliphatic carbocycles. The lowest BCUT2D eigenvalue weighted by Gasteiger charge is -2.30. The summed E-state index contributed by atoms with van der Waals surface area (Å²) in [5.41, 5.74) is 10.4. The zero-order valence-corrected chi connectivity index (χ0v) is 14.7. The Kier molecular flexibility index (Phi) is 4.31. The summed E-state index contributed by atoms with van der Waals surface area (Å²) in [5.74, 6) is 0. The van der Waals surface area contributed by atoms with Crippen molar-refractivity contribution >= 4 is 21.4 Å². The van der Waals surface area contributed by atoms with Crippen LogP contribution in [0.2, 0.25) is 0 Å². The van der Waals surface area contributed by atoms with Gasteiger partial charge in [0.2, 0.25) is 0 Å². The van der Waals surface area contributed by atoms with E-state index in [0.717, 1.165) is 43.0 Å². The highest BCUT2D eigenvalue weighted by atomic mass is 32.1. The molecule has 1 aromatic carbocycles. The van der Waals surface area contributed by atoms with Crippen LogP contribution in [-0.2, 0) is 6.54 Å². The highest BCUT2D eigenvalue weighted by molar-refractivity contribution is 7.17. The first kappa shape index (κ1) is 15.7. The molecule has 1 aliphatic rings. The lowest BCUT2D eigenvalue weighted by molar-refractivity contribution is 0.199. The quantitative estimate of drug-likeness (QED) is 0.793. The van der Waals surface area contributed by atoms with Crippen molar-refractivity contribution in [3.05, 3.63) is 47.2 Å². The number of aromatic nitrogens is 2. The third kappa shape index (κ3) is 3.20. The molecule has 1 aliphatic heterocycles. The first-order chi connectivity index (χ1) is 11.7. The van der Waals surface area contributed by atoms with Gasteiger partial charge in [-0.15, -0.1) is 11.3 Å². The Balaban J connectivity index is 1.53. The predicted octanol–water partition coefficient (Wildman–Crippen LogP) is 3.59. The number of fused-ring (bicyclic) bond motifs is 1. The molecule has 0 amide bonds. The summed E-state index contributed by atoms with van der Waals surface area (Å²) in [7, 11) is 0. The predicted molar refractivity (Wildman–Crippen MR) is 100 cm³/mol. The summed E-state index contributed by atoms with van der Waals surface area (Å²) in [6.07, 6.45) is 6.10. The number of hydrogen-bond acceptors (Lipinski definition) is 5. The molecule has 124 valence electrons. The molecule has 1 atom stereocenters. The van der Waals surface area contributed by atoms with Crippen LogP contribution >= 0.6 is 11.3 Å². The number of piperidine rings is 1. The zero-order valence-electron chi connectivity index (χ0n) is 13.9. The van der Waals surface area contributed by atoms with E-state index in [1.165, 1.54) is 22.1 Å².